The van der Waals surface area contributed by atoms with E-state index in [4.69, 9.17) is 5.11 Å². The minimum Gasteiger partial charge on any atom is -0.481 e. The number of allylic oxidation sites excluding steroid dienone is 2. The standard InChI is InChI=1S/C22H40O4/c1-4-5-6-7-9-12-15-21(2)18(23)17-19(24)22(21,3)16-13-10-8-11-14-20(25)26/h9,12,18-19,23-24H,4-8,10-11,13-17H2,1-3H3,(H,25,26). The molecule has 0 spiro atoms. The van der Waals surface area contributed by atoms with E-state index in [2.05, 4.69) is 32.9 Å². The largest absolute Gasteiger partial charge is 0.481 e. The molecule has 4 atom stereocenters. The van der Waals surface area contributed by atoms with Crippen molar-refractivity contribution in [2.75, 3.05) is 0 Å². The van der Waals surface area contributed by atoms with E-state index in [0.29, 0.717) is 6.42 Å². The van der Waals surface area contributed by atoms with Gasteiger partial charge in [-0.2, -0.15) is 0 Å². The Morgan fingerprint density at radius 1 is 0.962 bits per heavy atom. The van der Waals surface area contributed by atoms with Crippen molar-refractivity contribution in [2.45, 2.75) is 110 Å². The molecule has 3 N–H and O–H groups in total. The van der Waals surface area contributed by atoms with Crippen molar-refractivity contribution in [1.82, 2.24) is 0 Å². The second-order valence-electron chi connectivity index (χ2n) is 8.58. The summed E-state index contributed by atoms with van der Waals surface area (Å²) in [6, 6.07) is 0. The Morgan fingerprint density at radius 2 is 1.62 bits per heavy atom. The first kappa shape index (κ1) is 23.2. The van der Waals surface area contributed by atoms with Gasteiger partial charge in [0, 0.05) is 23.7 Å². The van der Waals surface area contributed by atoms with Gasteiger partial charge in [-0.1, -0.05) is 65.0 Å². The van der Waals surface area contributed by atoms with Crippen molar-refractivity contribution < 1.29 is 20.1 Å². The molecule has 4 unspecified atom stereocenters. The molecule has 0 aromatic heterocycles. The first-order valence-corrected chi connectivity index (χ1v) is 10.5. The number of aliphatic carboxylic acids is 1. The van der Waals surface area contributed by atoms with Gasteiger partial charge in [0.1, 0.15) is 0 Å². The van der Waals surface area contributed by atoms with Crippen LogP contribution >= 0.6 is 0 Å². The van der Waals surface area contributed by atoms with Crippen LogP contribution in [0.1, 0.15) is 97.8 Å². The lowest BCUT2D eigenvalue weighted by molar-refractivity contribution is -0.137. The van der Waals surface area contributed by atoms with Gasteiger partial charge < -0.3 is 15.3 Å². The highest BCUT2D eigenvalue weighted by atomic mass is 16.4. The smallest absolute Gasteiger partial charge is 0.303 e. The Kier molecular flexibility index (Phi) is 9.88. The molecule has 1 rings (SSSR count). The fourth-order valence-electron chi connectivity index (χ4n) is 4.39. The number of hydrogen-bond donors (Lipinski definition) is 3. The fourth-order valence-corrected chi connectivity index (χ4v) is 4.39. The van der Waals surface area contributed by atoms with Crippen molar-refractivity contribution in [1.29, 1.82) is 0 Å². The summed E-state index contributed by atoms with van der Waals surface area (Å²) in [4.78, 5) is 10.6. The van der Waals surface area contributed by atoms with E-state index in [9.17, 15) is 15.0 Å². The molecule has 4 nitrogen and oxygen atoms in total. The van der Waals surface area contributed by atoms with Crippen LogP contribution in [0.3, 0.4) is 0 Å². The van der Waals surface area contributed by atoms with Gasteiger partial charge in [0.25, 0.3) is 0 Å². The minimum atomic E-state index is -0.732. The molecule has 0 aliphatic heterocycles. The number of carboxylic acid groups (broad SMARTS) is 1. The zero-order chi connectivity index (χ0) is 19.6. The summed E-state index contributed by atoms with van der Waals surface area (Å²) in [7, 11) is 0. The summed E-state index contributed by atoms with van der Waals surface area (Å²) in [5, 5.41) is 30.0. The summed E-state index contributed by atoms with van der Waals surface area (Å²) in [6.07, 6.45) is 14.2. The van der Waals surface area contributed by atoms with E-state index in [0.717, 1.165) is 44.9 Å². The summed E-state index contributed by atoms with van der Waals surface area (Å²) in [5.74, 6) is -0.732. The number of aliphatic hydroxyl groups is 2. The fraction of sp³-hybridized carbons (Fsp3) is 0.864. The van der Waals surface area contributed by atoms with Crippen LogP contribution in [-0.4, -0.2) is 33.5 Å². The number of hydrogen-bond acceptors (Lipinski definition) is 3. The molecule has 0 bridgehead atoms. The van der Waals surface area contributed by atoms with E-state index in [1.807, 2.05) is 0 Å². The van der Waals surface area contributed by atoms with Gasteiger partial charge in [-0.25, -0.2) is 0 Å². The summed E-state index contributed by atoms with van der Waals surface area (Å²) >= 11 is 0. The zero-order valence-corrected chi connectivity index (χ0v) is 17.0. The minimum absolute atomic E-state index is 0.235. The predicted molar refractivity (Wildman–Crippen MR) is 106 cm³/mol. The van der Waals surface area contributed by atoms with E-state index in [-0.39, 0.29) is 17.3 Å². The third-order valence-electron chi connectivity index (χ3n) is 6.74. The van der Waals surface area contributed by atoms with Crippen LogP contribution in [0.4, 0.5) is 0 Å². The Balaban J connectivity index is 2.56. The maximum atomic E-state index is 10.6. The van der Waals surface area contributed by atoms with Gasteiger partial charge in [0.2, 0.25) is 0 Å². The molecule has 0 heterocycles. The van der Waals surface area contributed by atoms with E-state index in [1.165, 1.54) is 19.3 Å². The second-order valence-corrected chi connectivity index (χ2v) is 8.58. The first-order valence-electron chi connectivity index (χ1n) is 10.5. The van der Waals surface area contributed by atoms with Gasteiger partial charge >= 0.3 is 5.97 Å². The van der Waals surface area contributed by atoms with Gasteiger partial charge in [-0.05, 0) is 32.1 Å². The first-order chi connectivity index (χ1) is 12.3. The highest BCUT2D eigenvalue weighted by molar-refractivity contribution is 5.66. The molecule has 4 heteroatoms. The lowest BCUT2D eigenvalue weighted by atomic mass is 9.62. The monoisotopic (exact) mass is 368 g/mol. The molecule has 0 amide bonds. The summed E-state index contributed by atoms with van der Waals surface area (Å²) in [5.41, 5.74) is -0.609. The zero-order valence-electron chi connectivity index (χ0n) is 17.0. The van der Waals surface area contributed by atoms with E-state index in [1.54, 1.807) is 0 Å². The average Bonchev–Trinajstić information content (AvgIpc) is 2.75. The molecule has 1 aliphatic rings. The lowest BCUT2D eigenvalue weighted by Crippen LogP contribution is -2.43. The topological polar surface area (TPSA) is 77.8 Å². The molecule has 1 fully saturated rings. The van der Waals surface area contributed by atoms with Gasteiger partial charge in [0.05, 0.1) is 12.2 Å². The van der Waals surface area contributed by atoms with Crippen LogP contribution in [-0.2, 0) is 4.79 Å². The van der Waals surface area contributed by atoms with Crippen molar-refractivity contribution in [3.05, 3.63) is 12.2 Å². The van der Waals surface area contributed by atoms with Gasteiger partial charge in [0.15, 0.2) is 0 Å². The summed E-state index contributed by atoms with van der Waals surface area (Å²) in [6.45, 7) is 6.44. The number of carbonyl (C=O) groups is 1. The molecule has 26 heavy (non-hydrogen) atoms. The van der Waals surface area contributed by atoms with E-state index >= 15 is 0 Å². The molecule has 0 aromatic rings. The van der Waals surface area contributed by atoms with Crippen LogP contribution < -0.4 is 0 Å². The summed E-state index contributed by atoms with van der Waals surface area (Å²) < 4.78 is 0. The number of carboxylic acids is 1. The van der Waals surface area contributed by atoms with Crippen molar-refractivity contribution >= 4 is 5.97 Å². The quantitative estimate of drug-likeness (QED) is 0.313. The number of aliphatic hydroxyl groups excluding tert-OH is 2. The maximum Gasteiger partial charge on any atom is 0.303 e. The van der Waals surface area contributed by atoms with Crippen molar-refractivity contribution in [3.63, 3.8) is 0 Å². The van der Waals surface area contributed by atoms with Crippen LogP contribution in [0, 0.1) is 10.8 Å². The number of rotatable bonds is 13. The van der Waals surface area contributed by atoms with E-state index < -0.39 is 18.2 Å². The molecular formula is C22H40O4. The Morgan fingerprint density at radius 3 is 2.27 bits per heavy atom. The molecule has 0 saturated heterocycles. The molecule has 0 aromatic carbocycles. The van der Waals surface area contributed by atoms with Gasteiger partial charge in [-0.3, -0.25) is 4.79 Å². The molecular weight excluding hydrogens is 328 g/mol. The van der Waals surface area contributed by atoms with Crippen LogP contribution in [0.2, 0.25) is 0 Å². The molecule has 152 valence electrons. The lowest BCUT2D eigenvalue weighted by Gasteiger charge is -2.44. The highest BCUT2D eigenvalue weighted by Crippen LogP contribution is 2.57. The predicted octanol–water partition coefficient (Wildman–Crippen LogP) is 5.08. The molecule has 1 saturated carbocycles. The van der Waals surface area contributed by atoms with Gasteiger partial charge in [-0.15, -0.1) is 0 Å². The van der Waals surface area contributed by atoms with Crippen molar-refractivity contribution in [2.24, 2.45) is 10.8 Å². The SMILES string of the molecule is CCCCCC=CCC1(C)C(O)CC(O)C1(C)CCCCCCC(=O)O. The Labute approximate surface area is 159 Å². The normalized spacial score (nSPS) is 31.7. The number of unbranched alkanes of at least 4 members (excludes halogenated alkanes) is 6. The Hall–Kier alpha value is -0.870. The molecule has 1 aliphatic carbocycles. The van der Waals surface area contributed by atoms with Crippen LogP contribution in [0.25, 0.3) is 0 Å². The maximum absolute atomic E-state index is 10.6. The Bertz CT molecular complexity index is 447. The average molecular weight is 369 g/mol. The molecule has 0 radical (unpaired) electrons. The second kappa shape index (κ2) is 11.1. The third kappa shape index (κ3) is 6.09. The van der Waals surface area contributed by atoms with Crippen molar-refractivity contribution in [3.8, 4) is 0 Å². The van der Waals surface area contributed by atoms with Crippen LogP contribution in [0.5, 0.6) is 0 Å². The van der Waals surface area contributed by atoms with Crippen LogP contribution in [0.15, 0.2) is 12.2 Å². The third-order valence-corrected chi connectivity index (χ3v) is 6.74. The highest BCUT2D eigenvalue weighted by Gasteiger charge is 2.57.